The molecule has 0 aromatic heterocycles. The topological polar surface area (TPSA) is 53.5 Å². The van der Waals surface area contributed by atoms with Crippen LogP contribution in [-0.2, 0) is 4.79 Å². The van der Waals surface area contributed by atoms with Crippen LogP contribution in [0.15, 0.2) is 76.3 Å². The molecule has 4 nitrogen and oxygen atoms in total. The number of carbonyl (C=O) groups is 1. The average molecular weight is 396 g/mol. The summed E-state index contributed by atoms with van der Waals surface area (Å²) in [5.74, 6) is -0.195. The predicted molar refractivity (Wildman–Crippen MR) is 107 cm³/mol. The van der Waals surface area contributed by atoms with Crippen LogP contribution in [-0.4, -0.2) is 18.2 Å². The van der Waals surface area contributed by atoms with Crippen molar-refractivity contribution in [1.82, 2.24) is 5.43 Å². The lowest BCUT2D eigenvalue weighted by atomic mass is 10.1. The van der Waals surface area contributed by atoms with Gasteiger partial charge in [-0.2, -0.15) is 5.10 Å². The second-order valence-corrected chi connectivity index (χ2v) is 6.60. The van der Waals surface area contributed by atoms with E-state index in [2.05, 4.69) is 31.8 Å². The van der Waals surface area contributed by atoms with Crippen LogP contribution in [0.4, 0.5) is 5.69 Å². The Morgan fingerprint density at radius 1 is 1.08 bits per heavy atom. The molecule has 2 N–H and O–H groups in total. The number of anilines is 1. The molecule has 3 aromatic rings. The van der Waals surface area contributed by atoms with Crippen LogP contribution in [0.5, 0.6) is 0 Å². The van der Waals surface area contributed by atoms with Crippen molar-refractivity contribution in [3.8, 4) is 0 Å². The third-order valence-electron chi connectivity index (χ3n) is 3.79. The summed E-state index contributed by atoms with van der Waals surface area (Å²) >= 11 is 3.40. The van der Waals surface area contributed by atoms with Gasteiger partial charge in [-0.3, -0.25) is 4.79 Å². The number of amides is 1. The zero-order valence-electron chi connectivity index (χ0n) is 13.7. The highest BCUT2D eigenvalue weighted by Gasteiger charge is 2.12. The zero-order valence-corrected chi connectivity index (χ0v) is 15.3. The number of fused-ring (bicyclic) bond motifs is 1. The van der Waals surface area contributed by atoms with Gasteiger partial charge in [0.15, 0.2) is 0 Å². The van der Waals surface area contributed by atoms with Crippen LogP contribution in [0.3, 0.4) is 0 Å². The third-order valence-corrected chi connectivity index (χ3v) is 4.29. The fourth-order valence-electron chi connectivity index (χ4n) is 2.50. The van der Waals surface area contributed by atoms with Gasteiger partial charge in [0.2, 0.25) is 0 Å². The summed E-state index contributed by atoms with van der Waals surface area (Å²) in [7, 11) is 0. The van der Waals surface area contributed by atoms with Gasteiger partial charge in [0.25, 0.3) is 5.91 Å². The maximum Gasteiger partial charge on any atom is 0.262 e. The molecule has 0 aliphatic heterocycles. The zero-order chi connectivity index (χ0) is 17.6. The van der Waals surface area contributed by atoms with Gasteiger partial charge in [0.1, 0.15) is 6.04 Å². The van der Waals surface area contributed by atoms with Gasteiger partial charge in [-0.15, -0.1) is 0 Å². The van der Waals surface area contributed by atoms with Crippen LogP contribution in [0.1, 0.15) is 12.5 Å². The van der Waals surface area contributed by atoms with Gasteiger partial charge < -0.3 is 5.32 Å². The minimum Gasteiger partial charge on any atom is -0.373 e. The van der Waals surface area contributed by atoms with E-state index in [1.165, 1.54) is 0 Å². The Labute approximate surface area is 155 Å². The number of halogens is 1. The molecule has 1 unspecified atom stereocenters. The second-order valence-electron chi connectivity index (χ2n) is 5.68. The first kappa shape index (κ1) is 17.2. The van der Waals surface area contributed by atoms with Gasteiger partial charge in [-0.05, 0) is 36.1 Å². The van der Waals surface area contributed by atoms with Crippen molar-refractivity contribution < 1.29 is 4.79 Å². The van der Waals surface area contributed by atoms with Gasteiger partial charge in [-0.25, -0.2) is 5.43 Å². The van der Waals surface area contributed by atoms with Crippen molar-refractivity contribution in [1.29, 1.82) is 0 Å². The van der Waals surface area contributed by atoms with E-state index in [9.17, 15) is 4.79 Å². The smallest absolute Gasteiger partial charge is 0.262 e. The highest BCUT2D eigenvalue weighted by Crippen LogP contribution is 2.23. The number of nitrogens with one attached hydrogen (secondary N) is 2. The van der Waals surface area contributed by atoms with Gasteiger partial charge in [0.05, 0.1) is 6.21 Å². The highest BCUT2D eigenvalue weighted by atomic mass is 79.9. The molecular weight excluding hydrogens is 378 g/mol. The summed E-state index contributed by atoms with van der Waals surface area (Å²) in [5, 5.41) is 9.49. The molecule has 126 valence electrons. The molecule has 0 saturated carbocycles. The molecule has 0 aliphatic carbocycles. The summed E-state index contributed by atoms with van der Waals surface area (Å²) in [6.07, 6.45) is 1.62. The standard InChI is InChI=1S/C20H18BrN3O/c1-14(20(25)24-22-13-15-6-4-9-17(21)12-15)23-19-11-5-8-16-7-2-3-10-18(16)19/h2-14,23H,1H3,(H,24,25). The fraction of sp³-hybridized carbons (Fsp3) is 0.100. The molecule has 0 aliphatic rings. The van der Waals surface area contributed by atoms with E-state index >= 15 is 0 Å². The molecular formula is C20H18BrN3O. The average Bonchev–Trinajstić information content (AvgIpc) is 2.62. The Morgan fingerprint density at radius 2 is 1.84 bits per heavy atom. The molecule has 25 heavy (non-hydrogen) atoms. The van der Waals surface area contributed by atoms with Crippen molar-refractivity contribution >= 4 is 44.5 Å². The summed E-state index contributed by atoms with van der Waals surface area (Å²) in [4.78, 5) is 12.2. The predicted octanol–water partition coefficient (Wildman–Crippen LogP) is 4.55. The van der Waals surface area contributed by atoms with E-state index in [1.54, 1.807) is 6.21 Å². The van der Waals surface area contributed by atoms with Crippen molar-refractivity contribution in [2.24, 2.45) is 5.10 Å². The number of hydrogen-bond donors (Lipinski definition) is 2. The Balaban J connectivity index is 1.64. The molecule has 3 rings (SSSR count). The van der Waals surface area contributed by atoms with Crippen molar-refractivity contribution in [3.05, 3.63) is 76.8 Å². The van der Waals surface area contributed by atoms with E-state index in [-0.39, 0.29) is 5.91 Å². The maximum atomic E-state index is 12.2. The summed E-state index contributed by atoms with van der Waals surface area (Å²) in [5.41, 5.74) is 4.41. The third kappa shape index (κ3) is 4.45. The van der Waals surface area contributed by atoms with Crippen LogP contribution in [0.25, 0.3) is 10.8 Å². The number of benzene rings is 3. The van der Waals surface area contributed by atoms with Crippen molar-refractivity contribution in [2.45, 2.75) is 13.0 Å². The van der Waals surface area contributed by atoms with Crippen LogP contribution < -0.4 is 10.7 Å². The normalized spacial score (nSPS) is 12.2. The number of hydrazone groups is 1. The molecule has 5 heteroatoms. The number of carbonyl (C=O) groups excluding carboxylic acids is 1. The first-order valence-electron chi connectivity index (χ1n) is 7.96. The van der Waals surface area contributed by atoms with Gasteiger partial charge >= 0.3 is 0 Å². The fourth-order valence-corrected chi connectivity index (χ4v) is 2.92. The van der Waals surface area contributed by atoms with E-state index in [0.717, 1.165) is 26.5 Å². The first-order chi connectivity index (χ1) is 12.1. The molecule has 0 radical (unpaired) electrons. The maximum absolute atomic E-state index is 12.2. The number of nitrogens with zero attached hydrogens (tertiary/aromatic N) is 1. The van der Waals surface area contributed by atoms with E-state index < -0.39 is 6.04 Å². The SMILES string of the molecule is CC(Nc1cccc2ccccc12)C(=O)NN=Cc1cccc(Br)c1. The van der Waals surface area contributed by atoms with E-state index in [1.807, 2.05) is 73.7 Å². The van der Waals surface area contributed by atoms with Crippen molar-refractivity contribution in [3.63, 3.8) is 0 Å². The largest absolute Gasteiger partial charge is 0.373 e. The first-order valence-corrected chi connectivity index (χ1v) is 8.75. The molecule has 0 saturated heterocycles. The highest BCUT2D eigenvalue weighted by molar-refractivity contribution is 9.10. The minimum atomic E-state index is -0.412. The lowest BCUT2D eigenvalue weighted by molar-refractivity contribution is -0.121. The Morgan fingerprint density at radius 3 is 2.68 bits per heavy atom. The van der Waals surface area contributed by atoms with Gasteiger partial charge in [-0.1, -0.05) is 64.5 Å². The molecule has 1 amide bonds. The summed E-state index contributed by atoms with van der Waals surface area (Å²) < 4.78 is 0.966. The minimum absolute atomic E-state index is 0.195. The molecule has 0 bridgehead atoms. The molecule has 0 fully saturated rings. The lowest BCUT2D eigenvalue weighted by Crippen LogP contribution is -2.34. The quantitative estimate of drug-likeness (QED) is 0.491. The number of rotatable bonds is 5. The summed E-state index contributed by atoms with van der Waals surface area (Å²) in [6.45, 7) is 1.81. The monoisotopic (exact) mass is 395 g/mol. The van der Waals surface area contributed by atoms with Crippen LogP contribution >= 0.6 is 15.9 Å². The van der Waals surface area contributed by atoms with Gasteiger partial charge in [0, 0.05) is 15.5 Å². The molecule has 3 aromatic carbocycles. The lowest BCUT2D eigenvalue weighted by Gasteiger charge is -2.15. The summed E-state index contributed by atoms with van der Waals surface area (Å²) in [6, 6.07) is 21.3. The molecule has 1 atom stereocenters. The Kier molecular flexibility index (Phi) is 5.46. The molecule has 0 spiro atoms. The van der Waals surface area contributed by atoms with E-state index in [0.29, 0.717) is 0 Å². The van der Waals surface area contributed by atoms with E-state index in [4.69, 9.17) is 0 Å². The molecule has 0 heterocycles. The second kappa shape index (κ2) is 7.94. The van der Waals surface area contributed by atoms with Crippen LogP contribution in [0.2, 0.25) is 0 Å². The van der Waals surface area contributed by atoms with Crippen molar-refractivity contribution in [2.75, 3.05) is 5.32 Å². The van der Waals surface area contributed by atoms with Crippen LogP contribution in [0, 0.1) is 0 Å². The number of hydrogen-bond acceptors (Lipinski definition) is 3. The Bertz CT molecular complexity index is 918. The Hall–Kier alpha value is -2.66.